The molecule has 5 atom stereocenters. The second-order valence-corrected chi connectivity index (χ2v) is 7.58. The maximum Gasteiger partial charge on any atom is 0.326 e. The number of carboxylic acid groups (broad SMARTS) is 1. The molecule has 0 radical (unpaired) electrons. The van der Waals surface area contributed by atoms with Gasteiger partial charge in [0.1, 0.15) is 18.1 Å². The van der Waals surface area contributed by atoms with E-state index >= 15 is 0 Å². The van der Waals surface area contributed by atoms with E-state index in [1.54, 1.807) is 13.8 Å². The van der Waals surface area contributed by atoms with Gasteiger partial charge in [-0.25, -0.2) is 4.79 Å². The van der Waals surface area contributed by atoms with Crippen LogP contribution in [0, 0.1) is 5.92 Å². The zero-order valence-corrected chi connectivity index (χ0v) is 18.3. The predicted octanol–water partition coefficient (Wildman–Crippen LogP) is -3.04. The van der Waals surface area contributed by atoms with Crippen molar-refractivity contribution in [2.75, 3.05) is 6.54 Å². The lowest BCUT2D eigenvalue weighted by molar-refractivity contribution is -0.144. The summed E-state index contributed by atoms with van der Waals surface area (Å²) >= 11 is 0. The maximum absolute atomic E-state index is 12.4. The van der Waals surface area contributed by atoms with E-state index in [0.717, 1.165) is 0 Å². The molecule has 0 saturated carbocycles. The molecular weight excluding hydrogens is 410 g/mol. The Balaban J connectivity index is 4.86. The van der Waals surface area contributed by atoms with E-state index in [-0.39, 0.29) is 12.4 Å². The molecule has 13 heteroatoms. The largest absolute Gasteiger partial charge is 0.480 e. The first-order valence-corrected chi connectivity index (χ1v) is 9.90. The van der Waals surface area contributed by atoms with E-state index in [9.17, 15) is 29.4 Å². The van der Waals surface area contributed by atoms with E-state index in [0.29, 0.717) is 13.0 Å². The molecule has 0 rings (SSSR count). The van der Waals surface area contributed by atoms with Crippen molar-refractivity contribution in [2.24, 2.45) is 28.1 Å². The number of hydrogen-bond acceptors (Lipinski definition) is 7. The fraction of sp³-hybridized carbons (Fsp3) is 0.722. The van der Waals surface area contributed by atoms with Crippen LogP contribution in [-0.4, -0.2) is 76.7 Å². The summed E-state index contributed by atoms with van der Waals surface area (Å²) in [6, 6.07) is -4.58. The van der Waals surface area contributed by atoms with E-state index in [1.165, 1.54) is 13.8 Å². The van der Waals surface area contributed by atoms with Gasteiger partial charge < -0.3 is 43.4 Å². The average molecular weight is 446 g/mol. The summed E-state index contributed by atoms with van der Waals surface area (Å²) in [5.74, 6) is -3.93. The summed E-state index contributed by atoms with van der Waals surface area (Å²) in [5, 5.41) is 26.1. The molecule has 5 unspecified atom stereocenters. The number of aliphatic hydroxyl groups is 1. The standard InChI is InChI=1S/C18H35N7O6/c1-8(2)12(17(30)31)24-16(29)13(10(4)26)25-14(27)9(3)23-15(28)11(19)6-5-7-22-18(20)21/h8-13,26H,5-7,19H2,1-4H3,(H,23,28)(H,24,29)(H,25,27)(H,30,31)(H4,20,21,22). The Morgan fingerprint density at radius 3 is 1.90 bits per heavy atom. The van der Waals surface area contributed by atoms with E-state index in [4.69, 9.17) is 17.2 Å². The molecule has 0 aromatic heterocycles. The molecule has 0 fully saturated rings. The zero-order valence-electron chi connectivity index (χ0n) is 18.3. The summed E-state index contributed by atoms with van der Waals surface area (Å²) in [6.07, 6.45) is -0.578. The van der Waals surface area contributed by atoms with Crippen LogP contribution < -0.4 is 33.2 Å². The fourth-order valence-electron chi connectivity index (χ4n) is 2.48. The molecule has 0 aromatic carbocycles. The van der Waals surface area contributed by atoms with E-state index in [1.807, 2.05) is 0 Å². The molecule has 0 saturated heterocycles. The molecule has 0 heterocycles. The van der Waals surface area contributed by atoms with Gasteiger partial charge in [-0.2, -0.15) is 0 Å². The Morgan fingerprint density at radius 1 is 0.903 bits per heavy atom. The van der Waals surface area contributed by atoms with E-state index < -0.39 is 59.9 Å². The van der Waals surface area contributed by atoms with Crippen LogP contribution in [0.3, 0.4) is 0 Å². The van der Waals surface area contributed by atoms with Gasteiger partial charge in [0.2, 0.25) is 17.7 Å². The average Bonchev–Trinajstić information content (AvgIpc) is 2.65. The quantitative estimate of drug-likeness (QED) is 0.0815. The van der Waals surface area contributed by atoms with Gasteiger partial charge in [-0.3, -0.25) is 19.4 Å². The summed E-state index contributed by atoms with van der Waals surface area (Å²) in [4.78, 5) is 52.0. The van der Waals surface area contributed by atoms with Crippen molar-refractivity contribution in [1.82, 2.24) is 16.0 Å². The number of hydrogen-bond donors (Lipinski definition) is 8. The molecular formula is C18H35N7O6. The molecule has 0 aliphatic heterocycles. The number of amides is 3. The van der Waals surface area contributed by atoms with Crippen molar-refractivity contribution >= 4 is 29.7 Å². The van der Waals surface area contributed by atoms with Crippen molar-refractivity contribution in [1.29, 1.82) is 0 Å². The zero-order chi connectivity index (χ0) is 24.3. The van der Waals surface area contributed by atoms with Crippen LogP contribution in [0.15, 0.2) is 4.99 Å². The third-order valence-corrected chi connectivity index (χ3v) is 4.35. The first-order valence-electron chi connectivity index (χ1n) is 9.90. The van der Waals surface area contributed by atoms with Crippen molar-refractivity contribution in [2.45, 2.75) is 70.8 Å². The first-order chi connectivity index (χ1) is 14.3. The second kappa shape index (κ2) is 13.4. The van der Waals surface area contributed by atoms with Crippen LogP contribution in [0.25, 0.3) is 0 Å². The Morgan fingerprint density at radius 2 is 1.45 bits per heavy atom. The number of nitrogens with zero attached hydrogens (tertiary/aromatic N) is 1. The molecule has 0 spiro atoms. The van der Waals surface area contributed by atoms with Crippen LogP contribution >= 0.6 is 0 Å². The van der Waals surface area contributed by atoms with Crippen molar-refractivity contribution in [3.8, 4) is 0 Å². The van der Waals surface area contributed by atoms with Gasteiger partial charge in [0.05, 0.1) is 12.1 Å². The number of rotatable bonds is 13. The molecule has 3 amide bonds. The van der Waals surface area contributed by atoms with Crippen molar-refractivity contribution < 1.29 is 29.4 Å². The minimum atomic E-state index is -1.42. The molecule has 11 N–H and O–H groups in total. The third-order valence-electron chi connectivity index (χ3n) is 4.35. The van der Waals surface area contributed by atoms with Crippen LogP contribution in [0.4, 0.5) is 0 Å². The highest BCUT2D eigenvalue weighted by molar-refractivity contribution is 5.94. The van der Waals surface area contributed by atoms with Crippen LogP contribution in [0.2, 0.25) is 0 Å². The van der Waals surface area contributed by atoms with Crippen LogP contribution in [0.1, 0.15) is 40.5 Å². The summed E-state index contributed by atoms with van der Waals surface area (Å²) in [5.41, 5.74) is 16.2. The SMILES string of the molecule is CC(NC(=O)C(N)CCCN=C(N)N)C(=O)NC(C(=O)NC(C(=O)O)C(C)C)C(C)O. The molecule has 13 nitrogen and oxygen atoms in total. The molecule has 0 aromatic rings. The third kappa shape index (κ3) is 10.6. The van der Waals surface area contributed by atoms with Crippen LogP contribution in [0.5, 0.6) is 0 Å². The fourth-order valence-corrected chi connectivity index (χ4v) is 2.48. The second-order valence-electron chi connectivity index (χ2n) is 7.58. The molecule has 31 heavy (non-hydrogen) atoms. The number of aliphatic hydroxyl groups excluding tert-OH is 1. The van der Waals surface area contributed by atoms with Gasteiger partial charge >= 0.3 is 5.97 Å². The highest BCUT2D eigenvalue weighted by atomic mass is 16.4. The number of nitrogens with one attached hydrogen (secondary N) is 3. The van der Waals surface area contributed by atoms with Gasteiger partial charge in [0.15, 0.2) is 5.96 Å². The smallest absolute Gasteiger partial charge is 0.326 e. The summed E-state index contributed by atoms with van der Waals surface area (Å²) in [6.45, 7) is 6.16. The minimum absolute atomic E-state index is 0.0666. The predicted molar refractivity (Wildman–Crippen MR) is 114 cm³/mol. The van der Waals surface area contributed by atoms with Crippen molar-refractivity contribution in [3.05, 3.63) is 0 Å². The Labute approximate surface area is 181 Å². The molecule has 0 aliphatic rings. The maximum atomic E-state index is 12.4. The summed E-state index contributed by atoms with van der Waals surface area (Å²) < 4.78 is 0. The lowest BCUT2D eigenvalue weighted by Gasteiger charge is -2.26. The minimum Gasteiger partial charge on any atom is -0.480 e. The number of guanidine groups is 1. The highest BCUT2D eigenvalue weighted by Crippen LogP contribution is 2.04. The number of carboxylic acids is 1. The Hall–Kier alpha value is -2.93. The number of carbonyl (C=O) groups is 4. The number of carbonyl (C=O) groups excluding carboxylic acids is 3. The van der Waals surface area contributed by atoms with Gasteiger partial charge in [-0.05, 0) is 32.6 Å². The van der Waals surface area contributed by atoms with Gasteiger partial charge in [0, 0.05) is 6.54 Å². The number of aliphatic imine (C=N–C) groups is 1. The Bertz CT molecular complexity index is 664. The van der Waals surface area contributed by atoms with Gasteiger partial charge in [-0.15, -0.1) is 0 Å². The van der Waals surface area contributed by atoms with Gasteiger partial charge in [0.25, 0.3) is 0 Å². The lowest BCUT2D eigenvalue weighted by atomic mass is 10.0. The topological polar surface area (TPSA) is 235 Å². The highest BCUT2D eigenvalue weighted by Gasteiger charge is 2.32. The first kappa shape index (κ1) is 28.1. The monoisotopic (exact) mass is 445 g/mol. The van der Waals surface area contributed by atoms with E-state index in [2.05, 4.69) is 20.9 Å². The number of nitrogens with two attached hydrogens (primary N) is 3. The molecule has 178 valence electrons. The van der Waals surface area contributed by atoms with Gasteiger partial charge in [-0.1, -0.05) is 13.8 Å². The van der Waals surface area contributed by atoms with Crippen LogP contribution in [-0.2, 0) is 19.2 Å². The summed E-state index contributed by atoms with van der Waals surface area (Å²) in [7, 11) is 0. The molecule has 0 aliphatic carbocycles. The number of aliphatic carboxylic acids is 1. The molecule has 0 bridgehead atoms. The normalized spacial score (nSPS) is 15.7. The Kier molecular flexibility index (Phi) is 12.1. The van der Waals surface area contributed by atoms with Crippen molar-refractivity contribution in [3.63, 3.8) is 0 Å². The lowest BCUT2D eigenvalue weighted by Crippen LogP contribution is -2.59.